The molecule has 0 atom stereocenters. The summed E-state index contributed by atoms with van der Waals surface area (Å²) in [5, 5.41) is 8.83. The van der Waals surface area contributed by atoms with E-state index in [-0.39, 0.29) is 11.7 Å². The summed E-state index contributed by atoms with van der Waals surface area (Å²) >= 11 is 0. The summed E-state index contributed by atoms with van der Waals surface area (Å²) in [6.45, 7) is 0. The van der Waals surface area contributed by atoms with Crippen molar-refractivity contribution in [1.82, 2.24) is 19.9 Å². The maximum atomic E-state index is 13.2. The van der Waals surface area contributed by atoms with Crippen molar-refractivity contribution in [3.05, 3.63) is 109 Å². The topological polar surface area (TPSA) is 114 Å². The summed E-state index contributed by atoms with van der Waals surface area (Å²) in [7, 11) is 1.75. The van der Waals surface area contributed by atoms with Gasteiger partial charge in [-0.25, -0.2) is 24.3 Å². The normalized spacial score (nSPS) is 10.5. The van der Waals surface area contributed by atoms with Gasteiger partial charge in [-0.15, -0.1) is 0 Å². The molecule has 5 rings (SSSR count). The fourth-order valence-corrected chi connectivity index (χ4v) is 3.57. The van der Waals surface area contributed by atoms with E-state index < -0.39 is 0 Å². The molecule has 0 aliphatic carbocycles. The number of rotatable bonds is 8. The third kappa shape index (κ3) is 5.71. The smallest absolute Gasteiger partial charge is 0.259 e. The van der Waals surface area contributed by atoms with Gasteiger partial charge in [0, 0.05) is 37.0 Å². The zero-order valence-corrected chi connectivity index (χ0v) is 20.2. The standard InChI is InChI=1S/C28H22FN7O2/c1-30-28-33-17-14-24(36-28)22-4-2-16-32-27(22)38-21-12-10-20(11-13-21)35-26(37)23-5-3-15-31-25(23)34-19-8-6-18(29)7-9-19/h2-17H,1H3,(H,31,34)(H,35,37)(H,30,33,36). The number of aromatic nitrogens is 4. The van der Waals surface area contributed by atoms with E-state index in [9.17, 15) is 9.18 Å². The van der Waals surface area contributed by atoms with Crippen LogP contribution in [0, 0.1) is 5.82 Å². The van der Waals surface area contributed by atoms with Gasteiger partial charge in [0.05, 0.1) is 16.8 Å². The second kappa shape index (κ2) is 11.1. The van der Waals surface area contributed by atoms with Gasteiger partial charge in [-0.1, -0.05) is 0 Å². The molecule has 3 heterocycles. The molecule has 38 heavy (non-hydrogen) atoms. The summed E-state index contributed by atoms with van der Waals surface area (Å²) in [6, 6.07) is 21.5. The van der Waals surface area contributed by atoms with Crippen molar-refractivity contribution >= 4 is 29.0 Å². The molecular weight excluding hydrogens is 485 g/mol. The van der Waals surface area contributed by atoms with Crippen LogP contribution >= 0.6 is 0 Å². The van der Waals surface area contributed by atoms with Crippen LogP contribution in [-0.4, -0.2) is 32.9 Å². The Morgan fingerprint density at radius 1 is 0.816 bits per heavy atom. The number of anilines is 4. The largest absolute Gasteiger partial charge is 0.438 e. The maximum absolute atomic E-state index is 13.2. The predicted molar refractivity (Wildman–Crippen MR) is 143 cm³/mol. The minimum atomic E-state index is -0.354. The SMILES string of the molecule is CNc1nccc(-c2cccnc2Oc2ccc(NC(=O)c3cccnc3Nc3ccc(F)cc3)cc2)n1. The van der Waals surface area contributed by atoms with Crippen molar-refractivity contribution in [1.29, 1.82) is 0 Å². The Bertz CT molecular complexity index is 1560. The number of ether oxygens (including phenoxy) is 1. The van der Waals surface area contributed by atoms with Crippen molar-refractivity contribution in [3.63, 3.8) is 0 Å². The number of nitrogens with zero attached hydrogens (tertiary/aromatic N) is 4. The Balaban J connectivity index is 1.29. The Morgan fingerprint density at radius 2 is 1.55 bits per heavy atom. The van der Waals surface area contributed by atoms with Gasteiger partial charge in [-0.05, 0) is 78.9 Å². The fraction of sp³-hybridized carbons (Fsp3) is 0.0357. The molecule has 0 aliphatic heterocycles. The lowest BCUT2D eigenvalue weighted by Crippen LogP contribution is -2.14. The lowest BCUT2D eigenvalue weighted by atomic mass is 10.2. The maximum Gasteiger partial charge on any atom is 0.259 e. The van der Waals surface area contributed by atoms with Crippen molar-refractivity contribution in [2.45, 2.75) is 0 Å². The lowest BCUT2D eigenvalue weighted by Gasteiger charge is -2.12. The molecule has 0 spiro atoms. The van der Waals surface area contributed by atoms with Gasteiger partial charge >= 0.3 is 0 Å². The van der Waals surface area contributed by atoms with Crippen molar-refractivity contribution in [3.8, 4) is 22.9 Å². The van der Waals surface area contributed by atoms with Crippen LogP contribution in [0.3, 0.4) is 0 Å². The van der Waals surface area contributed by atoms with Gasteiger partial charge in [0.15, 0.2) is 0 Å². The van der Waals surface area contributed by atoms with Gasteiger partial charge < -0.3 is 20.7 Å². The van der Waals surface area contributed by atoms with E-state index in [1.807, 2.05) is 6.07 Å². The molecule has 3 aromatic heterocycles. The number of carbonyl (C=O) groups is 1. The third-order valence-electron chi connectivity index (χ3n) is 5.41. The van der Waals surface area contributed by atoms with E-state index >= 15 is 0 Å². The highest BCUT2D eigenvalue weighted by Gasteiger charge is 2.14. The molecule has 0 radical (unpaired) electrons. The van der Waals surface area contributed by atoms with Crippen molar-refractivity contribution in [2.24, 2.45) is 0 Å². The van der Waals surface area contributed by atoms with Crippen LogP contribution < -0.4 is 20.7 Å². The van der Waals surface area contributed by atoms with Crippen LogP contribution in [0.5, 0.6) is 11.6 Å². The fourth-order valence-electron chi connectivity index (χ4n) is 3.57. The van der Waals surface area contributed by atoms with E-state index in [1.165, 1.54) is 12.1 Å². The van der Waals surface area contributed by atoms with Gasteiger partial charge in [-0.3, -0.25) is 4.79 Å². The molecule has 9 nitrogen and oxygen atoms in total. The molecule has 0 bridgehead atoms. The van der Waals surface area contributed by atoms with E-state index in [0.717, 1.165) is 0 Å². The molecule has 5 aromatic rings. The third-order valence-corrected chi connectivity index (χ3v) is 5.41. The number of halogens is 1. The average Bonchev–Trinajstić information content (AvgIpc) is 2.96. The minimum Gasteiger partial charge on any atom is -0.438 e. The molecule has 1 amide bonds. The molecule has 0 saturated carbocycles. The van der Waals surface area contributed by atoms with E-state index in [2.05, 4.69) is 35.9 Å². The van der Waals surface area contributed by atoms with Gasteiger partial charge in [0.1, 0.15) is 17.4 Å². The quantitative estimate of drug-likeness (QED) is 0.238. The first-order valence-electron chi connectivity index (χ1n) is 11.6. The van der Waals surface area contributed by atoms with Gasteiger partial charge in [-0.2, -0.15) is 0 Å². The minimum absolute atomic E-state index is 0.334. The summed E-state index contributed by atoms with van der Waals surface area (Å²) in [5.74, 6) is 1.06. The monoisotopic (exact) mass is 507 g/mol. The van der Waals surface area contributed by atoms with Gasteiger partial charge in [0.25, 0.3) is 5.91 Å². The number of pyridine rings is 2. The Labute approximate surface area is 217 Å². The molecule has 188 valence electrons. The first-order chi connectivity index (χ1) is 18.6. The first-order valence-corrected chi connectivity index (χ1v) is 11.6. The van der Waals surface area contributed by atoms with Crippen molar-refractivity contribution < 1.29 is 13.9 Å². The molecule has 0 fully saturated rings. The highest BCUT2D eigenvalue weighted by Crippen LogP contribution is 2.31. The number of benzene rings is 2. The highest BCUT2D eigenvalue weighted by molar-refractivity contribution is 6.07. The first kappa shape index (κ1) is 24.3. The van der Waals surface area contributed by atoms with E-state index in [1.54, 1.807) is 86.3 Å². The second-order valence-electron chi connectivity index (χ2n) is 7.98. The number of hydrogen-bond donors (Lipinski definition) is 3. The molecule has 3 N–H and O–H groups in total. The van der Waals surface area contributed by atoms with Crippen LogP contribution in [0.2, 0.25) is 0 Å². The zero-order valence-electron chi connectivity index (χ0n) is 20.2. The molecule has 0 saturated heterocycles. The van der Waals surface area contributed by atoms with Crippen LogP contribution in [0.25, 0.3) is 11.3 Å². The van der Waals surface area contributed by atoms with E-state index in [0.29, 0.717) is 51.6 Å². The summed E-state index contributed by atoms with van der Waals surface area (Å²) in [4.78, 5) is 30.2. The van der Waals surface area contributed by atoms with E-state index in [4.69, 9.17) is 4.74 Å². The van der Waals surface area contributed by atoms with Crippen LogP contribution in [0.4, 0.5) is 27.5 Å². The lowest BCUT2D eigenvalue weighted by molar-refractivity contribution is 0.102. The average molecular weight is 508 g/mol. The Kier molecular flexibility index (Phi) is 7.12. The number of hydrogen-bond acceptors (Lipinski definition) is 8. The number of nitrogens with one attached hydrogen (secondary N) is 3. The van der Waals surface area contributed by atoms with Crippen LogP contribution in [-0.2, 0) is 0 Å². The number of carbonyl (C=O) groups excluding carboxylic acids is 1. The molecular formula is C28H22FN7O2. The zero-order chi connectivity index (χ0) is 26.3. The van der Waals surface area contributed by atoms with Crippen LogP contribution in [0.15, 0.2) is 97.5 Å². The second-order valence-corrected chi connectivity index (χ2v) is 7.98. The molecule has 0 aliphatic rings. The number of amides is 1. The Morgan fingerprint density at radius 3 is 2.34 bits per heavy atom. The van der Waals surface area contributed by atoms with Gasteiger partial charge in [0.2, 0.25) is 11.8 Å². The molecule has 0 unspecified atom stereocenters. The molecule has 10 heteroatoms. The highest BCUT2D eigenvalue weighted by atomic mass is 19.1. The predicted octanol–water partition coefficient (Wildman–Crippen LogP) is 5.90. The molecule has 2 aromatic carbocycles. The van der Waals surface area contributed by atoms with Crippen molar-refractivity contribution in [2.75, 3.05) is 23.0 Å². The summed E-state index contributed by atoms with van der Waals surface area (Å²) in [6.07, 6.45) is 4.87. The summed E-state index contributed by atoms with van der Waals surface area (Å²) in [5.41, 5.74) is 2.88. The Hall–Kier alpha value is -5.38. The van der Waals surface area contributed by atoms with Crippen LogP contribution in [0.1, 0.15) is 10.4 Å². The summed E-state index contributed by atoms with van der Waals surface area (Å²) < 4.78 is 19.2.